The van der Waals surface area contributed by atoms with Gasteiger partial charge in [-0.3, -0.25) is 4.79 Å². The number of fused-ring (bicyclic) bond motifs is 3. The minimum Gasteiger partial charge on any atom is -0.376 e. The maximum atomic E-state index is 13.7. The second-order valence-electron chi connectivity index (χ2n) is 14.2. The summed E-state index contributed by atoms with van der Waals surface area (Å²) in [5.74, 6) is 2.63. The van der Waals surface area contributed by atoms with Crippen molar-refractivity contribution >= 4 is 5.78 Å². The van der Waals surface area contributed by atoms with Crippen LogP contribution in [0.2, 0.25) is 0 Å². The highest BCUT2D eigenvalue weighted by molar-refractivity contribution is 5.83. The lowest BCUT2D eigenvalue weighted by Crippen LogP contribution is -2.56. The number of carbonyl (C=O) groups excluding carboxylic acids is 1. The topological polar surface area (TPSA) is 35.5 Å². The molecule has 0 aromatic rings. The van der Waals surface area contributed by atoms with E-state index < -0.39 is 0 Å². The summed E-state index contributed by atoms with van der Waals surface area (Å²) in [7, 11) is 0. The first-order valence-electron chi connectivity index (χ1n) is 14.1. The summed E-state index contributed by atoms with van der Waals surface area (Å²) in [4.78, 5) is 13.7. The summed E-state index contributed by atoms with van der Waals surface area (Å²) in [6.45, 7) is 21.0. The normalized spacial score (nSPS) is 39.4. The number of rotatable bonds is 8. The molecular formula is C30H54O3. The Labute approximate surface area is 205 Å². The van der Waals surface area contributed by atoms with E-state index in [2.05, 4.69) is 62.3 Å². The van der Waals surface area contributed by atoms with Crippen LogP contribution in [0.4, 0.5) is 0 Å². The molecule has 3 nitrogen and oxygen atoms in total. The zero-order valence-corrected chi connectivity index (χ0v) is 23.4. The highest BCUT2D eigenvalue weighted by atomic mass is 16.5. The Balaban J connectivity index is 1.82. The number of hydrogen-bond donors (Lipinski definition) is 0. The molecule has 0 aliphatic heterocycles. The van der Waals surface area contributed by atoms with E-state index in [1.54, 1.807) is 0 Å². The van der Waals surface area contributed by atoms with Gasteiger partial charge in [0, 0.05) is 18.9 Å². The first-order chi connectivity index (χ1) is 15.2. The molecule has 0 aromatic carbocycles. The van der Waals surface area contributed by atoms with Gasteiger partial charge in [-0.25, -0.2) is 0 Å². The predicted molar refractivity (Wildman–Crippen MR) is 137 cm³/mol. The molecule has 0 amide bonds. The molecule has 0 heterocycles. The quantitative estimate of drug-likeness (QED) is 0.343. The SMILES string of the molecule is CCCC[C@@H]1C(=O)C[C@@H]2[C@H](CC[C@]3(C)[C@@H](OC(C)(C)C)CC[C@@H]23)[C@@]1(C)CCCOC(C)(C)C. The van der Waals surface area contributed by atoms with Crippen molar-refractivity contribution in [2.45, 2.75) is 144 Å². The molecule has 0 aromatic heterocycles. The van der Waals surface area contributed by atoms with Gasteiger partial charge in [0.2, 0.25) is 0 Å². The average molecular weight is 463 g/mol. The van der Waals surface area contributed by atoms with Crippen LogP contribution in [0.5, 0.6) is 0 Å². The van der Waals surface area contributed by atoms with Crippen molar-refractivity contribution in [2.75, 3.05) is 6.61 Å². The largest absolute Gasteiger partial charge is 0.376 e. The summed E-state index contributed by atoms with van der Waals surface area (Å²) >= 11 is 0. The Morgan fingerprint density at radius 2 is 1.64 bits per heavy atom. The number of carbonyl (C=O) groups is 1. The second kappa shape index (κ2) is 9.92. The minimum absolute atomic E-state index is 0.0913. The van der Waals surface area contributed by atoms with Crippen LogP contribution in [0, 0.1) is 34.5 Å². The molecule has 3 fully saturated rings. The van der Waals surface area contributed by atoms with E-state index in [0.717, 1.165) is 38.7 Å². The third-order valence-corrected chi connectivity index (χ3v) is 9.56. The molecule has 0 unspecified atom stereocenters. The van der Waals surface area contributed by atoms with Crippen molar-refractivity contribution < 1.29 is 14.3 Å². The lowest BCUT2D eigenvalue weighted by Gasteiger charge is -2.58. The van der Waals surface area contributed by atoms with Gasteiger partial charge in [0.1, 0.15) is 5.78 Å². The van der Waals surface area contributed by atoms with Crippen LogP contribution in [-0.2, 0) is 14.3 Å². The van der Waals surface area contributed by atoms with E-state index in [9.17, 15) is 4.79 Å². The monoisotopic (exact) mass is 462 g/mol. The van der Waals surface area contributed by atoms with Crippen LogP contribution in [-0.4, -0.2) is 29.7 Å². The van der Waals surface area contributed by atoms with Crippen LogP contribution >= 0.6 is 0 Å². The maximum absolute atomic E-state index is 13.7. The number of ether oxygens (including phenoxy) is 2. The van der Waals surface area contributed by atoms with Crippen molar-refractivity contribution in [3.8, 4) is 0 Å². The molecule has 3 aliphatic carbocycles. The molecule has 192 valence electrons. The Morgan fingerprint density at radius 1 is 0.939 bits per heavy atom. The molecule has 3 rings (SSSR count). The number of ketones is 1. The van der Waals surface area contributed by atoms with Crippen molar-refractivity contribution in [1.29, 1.82) is 0 Å². The van der Waals surface area contributed by atoms with Crippen molar-refractivity contribution in [1.82, 2.24) is 0 Å². The summed E-state index contributed by atoms with van der Waals surface area (Å²) in [6, 6.07) is 0. The highest BCUT2D eigenvalue weighted by Crippen LogP contribution is 2.65. The van der Waals surface area contributed by atoms with Crippen molar-refractivity contribution in [3.63, 3.8) is 0 Å². The Bertz CT molecular complexity index is 671. The number of unbranched alkanes of at least 4 members (excludes halogenated alkanes) is 1. The van der Waals surface area contributed by atoms with Gasteiger partial charge in [-0.05, 0) is 115 Å². The van der Waals surface area contributed by atoms with Gasteiger partial charge in [-0.1, -0.05) is 33.6 Å². The molecule has 0 saturated heterocycles. The lowest BCUT2D eigenvalue weighted by molar-refractivity contribution is -0.164. The third kappa shape index (κ3) is 5.88. The van der Waals surface area contributed by atoms with Gasteiger partial charge < -0.3 is 9.47 Å². The Morgan fingerprint density at radius 3 is 2.24 bits per heavy atom. The van der Waals surface area contributed by atoms with Gasteiger partial charge in [0.15, 0.2) is 0 Å². The highest BCUT2D eigenvalue weighted by Gasteiger charge is 2.61. The van der Waals surface area contributed by atoms with Crippen LogP contribution in [0.25, 0.3) is 0 Å². The van der Waals surface area contributed by atoms with E-state index in [1.165, 1.54) is 32.1 Å². The molecule has 0 bridgehead atoms. The summed E-state index contributed by atoms with van der Waals surface area (Å²) in [5, 5.41) is 0. The standard InChI is InChI=1S/C30H54O3/c1-10-11-13-24-25(31)20-21-22-14-15-26(33-28(5,6)7)30(22,9)18-16-23(21)29(24,8)17-12-19-32-27(2,3)4/h21-24,26H,10-20H2,1-9H3/t21-,22-,23-,24+,26-,29+,30-/m0/s1. The first kappa shape index (κ1) is 27.2. The van der Waals surface area contributed by atoms with Gasteiger partial charge >= 0.3 is 0 Å². The maximum Gasteiger partial charge on any atom is 0.136 e. The van der Waals surface area contributed by atoms with Gasteiger partial charge in [0.25, 0.3) is 0 Å². The first-order valence-corrected chi connectivity index (χ1v) is 14.1. The Hall–Kier alpha value is -0.410. The van der Waals surface area contributed by atoms with E-state index in [-0.39, 0.29) is 27.9 Å². The molecule has 7 atom stereocenters. The Kier molecular flexibility index (Phi) is 8.17. The molecule has 3 saturated carbocycles. The zero-order valence-electron chi connectivity index (χ0n) is 23.4. The third-order valence-electron chi connectivity index (χ3n) is 9.56. The van der Waals surface area contributed by atoms with Crippen molar-refractivity contribution in [3.05, 3.63) is 0 Å². The molecular weight excluding hydrogens is 408 g/mol. The lowest BCUT2D eigenvalue weighted by atomic mass is 9.46. The fourth-order valence-corrected chi connectivity index (χ4v) is 8.05. The van der Waals surface area contributed by atoms with Gasteiger partial charge in [-0.15, -0.1) is 0 Å². The minimum atomic E-state index is -0.103. The second-order valence-corrected chi connectivity index (χ2v) is 14.2. The van der Waals surface area contributed by atoms with Crippen molar-refractivity contribution in [2.24, 2.45) is 34.5 Å². The predicted octanol–water partition coefficient (Wildman–Crippen LogP) is 7.99. The van der Waals surface area contributed by atoms with Gasteiger partial charge in [0.05, 0.1) is 17.3 Å². The van der Waals surface area contributed by atoms with Crippen LogP contribution in [0.1, 0.15) is 127 Å². The molecule has 0 radical (unpaired) electrons. The zero-order chi connectivity index (χ0) is 24.7. The van der Waals surface area contributed by atoms with E-state index >= 15 is 0 Å². The van der Waals surface area contributed by atoms with E-state index in [0.29, 0.717) is 29.6 Å². The summed E-state index contributed by atoms with van der Waals surface area (Å²) in [5.41, 5.74) is 0.141. The number of hydrogen-bond acceptors (Lipinski definition) is 3. The van der Waals surface area contributed by atoms with E-state index in [1.807, 2.05) is 0 Å². The fraction of sp³-hybridized carbons (Fsp3) is 0.967. The smallest absolute Gasteiger partial charge is 0.136 e. The molecule has 3 heteroatoms. The van der Waals surface area contributed by atoms with E-state index in [4.69, 9.17) is 9.47 Å². The van der Waals surface area contributed by atoms with Crippen LogP contribution in [0.15, 0.2) is 0 Å². The van der Waals surface area contributed by atoms with Crippen LogP contribution in [0.3, 0.4) is 0 Å². The molecule has 33 heavy (non-hydrogen) atoms. The average Bonchev–Trinajstić information content (AvgIpc) is 2.99. The summed E-state index contributed by atoms with van der Waals surface area (Å²) in [6.07, 6.45) is 11.7. The number of Topliss-reactive ketones (excluding diaryl/α,β-unsaturated/α-hetero) is 1. The fourth-order valence-electron chi connectivity index (χ4n) is 8.05. The molecule has 0 spiro atoms. The van der Waals surface area contributed by atoms with Gasteiger partial charge in [-0.2, -0.15) is 0 Å². The summed E-state index contributed by atoms with van der Waals surface area (Å²) < 4.78 is 12.7. The van der Waals surface area contributed by atoms with Crippen LogP contribution < -0.4 is 0 Å². The molecule has 3 aliphatic rings. The molecule has 0 N–H and O–H groups in total.